The van der Waals surface area contributed by atoms with Gasteiger partial charge in [-0.2, -0.15) is 10.2 Å². The summed E-state index contributed by atoms with van der Waals surface area (Å²) in [5, 5.41) is 13.9. The fraction of sp³-hybridized carbons (Fsp3) is 0.422. The van der Waals surface area contributed by atoms with Gasteiger partial charge in [-0.1, -0.05) is 34.8 Å². The lowest BCUT2D eigenvalue weighted by Gasteiger charge is -2.35. The van der Waals surface area contributed by atoms with E-state index < -0.39 is 20.0 Å². The Bertz CT molecular complexity index is 3090. The molecule has 3 aliphatic rings. The average Bonchev–Trinajstić information content (AvgIpc) is 4.05. The molecule has 7 heterocycles. The number of anilines is 3. The van der Waals surface area contributed by atoms with Crippen LogP contribution in [-0.2, 0) is 20.0 Å². The van der Waals surface area contributed by atoms with Gasteiger partial charge in [0.2, 0.25) is 20.0 Å². The number of piperidine rings is 2. The highest BCUT2D eigenvalue weighted by Crippen LogP contribution is 2.36. The van der Waals surface area contributed by atoms with Crippen molar-refractivity contribution in [2.45, 2.75) is 76.9 Å². The van der Waals surface area contributed by atoms with Crippen LogP contribution in [0.15, 0.2) is 60.9 Å². The molecule has 18 nitrogen and oxygen atoms in total. The van der Waals surface area contributed by atoms with E-state index in [4.69, 9.17) is 44.9 Å². The molecule has 0 aliphatic carbocycles. The van der Waals surface area contributed by atoms with Crippen LogP contribution in [0.1, 0.15) is 100 Å². The molecule has 4 aromatic heterocycles. The first kappa shape index (κ1) is 49.2. The van der Waals surface area contributed by atoms with Gasteiger partial charge in [-0.3, -0.25) is 19.0 Å². The zero-order chi connectivity index (χ0) is 48.7. The number of aryl methyl sites for hydroxylation is 2. The van der Waals surface area contributed by atoms with E-state index in [2.05, 4.69) is 29.7 Å². The molecule has 2 amide bonds. The number of likely N-dealkylation sites (N-methyl/N-ethyl adjacent to an activating group) is 1. The van der Waals surface area contributed by atoms with E-state index in [9.17, 15) is 26.4 Å². The fourth-order valence-corrected chi connectivity index (χ4v) is 10.7. The molecule has 1 unspecified atom stereocenters. The lowest BCUT2D eigenvalue weighted by molar-refractivity contribution is 0.0600. The predicted molar refractivity (Wildman–Crippen MR) is 265 cm³/mol. The third-order valence-corrected chi connectivity index (χ3v) is 14.4. The monoisotopic (exact) mass is 1030 g/mol. The van der Waals surface area contributed by atoms with E-state index in [-0.39, 0.29) is 46.4 Å². The summed E-state index contributed by atoms with van der Waals surface area (Å²) in [6, 6.07) is 12.8. The molecule has 3 N–H and O–H groups in total. The van der Waals surface area contributed by atoms with Crippen molar-refractivity contribution in [3.05, 3.63) is 110 Å². The van der Waals surface area contributed by atoms with Crippen molar-refractivity contribution in [1.82, 2.24) is 44.3 Å². The van der Waals surface area contributed by atoms with Gasteiger partial charge in [0.05, 0.1) is 58.5 Å². The van der Waals surface area contributed by atoms with Crippen molar-refractivity contribution in [2.75, 3.05) is 60.1 Å². The summed E-state index contributed by atoms with van der Waals surface area (Å²) in [4.78, 5) is 42.4. The minimum Gasteiger partial charge on any atom is -0.355 e. The maximum absolute atomic E-state index is 13.8. The van der Waals surface area contributed by atoms with Gasteiger partial charge in [0, 0.05) is 77.9 Å². The Balaban J connectivity index is 0.000000187. The molecule has 3 saturated heterocycles. The Labute approximate surface area is 410 Å². The zero-order valence-corrected chi connectivity index (χ0v) is 42.1. The first-order valence-electron chi connectivity index (χ1n) is 22.2. The molecule has 3 aliphatic heterocycles. The minimum absolute atomic E-state index is 0.195. The van der Waals surface area contributed by atoms with Crippen molar-refractivity contribution < 1.29 is 26.4 Å². The molecule has 362 valence electrons. The highest BCUT2D eigenvalue weighted by atomic mass is 35.5. The molecule has 0 bridgehead atoms. The van der Waals surface area contributed by atoms with Gasteiger partial charge < -0.3 is 20.0 Å². The van der Waals surface area contributed by atoms with Crippen LogP contribution in [0.5, 0.6) is 0 Å². The number of fused-ring (bicyclic) bond motifs is 2. The van der Waals surface area contributed by atoms with Crippen LogP contribution in [0, 0.1) is 13.8 Å². The van der Waals surface area contributed by atoms with Gasteiger partial charge in [0.1, 0.15) is 11.0 Å². The van der Waals surface area contributed by atoms with Gasteiger partial charge in [-0.25, -0.2) is 35.8 Å². The number of likely N-dealkylation sites (tertiary alicyclic amines) is 2. The summed E-state index contributed by atoms with van der Waals surface area (Å²) in [5.74, 6) is 0.372. The third kappa shape index (κ3) is 11.1. The number of rotatable bonds is 10. The predicted octanol–water partition coefficient (Wildman–Crippen LogP) is 7.31. The number of halogens is 3. The third-order valence-electron chi connectivity index (χ3n) is 12.3. The molecular weight excluding hydrogens is 975 g/mol. The van der Waals surface area contributed by atoms with Gasteiger partial charge in [0.15, 0.2) is 11.3 Å². The second kappa shape index (κ2) is 20.0. The molecule has 3 atom stereocenters. The lowest BCUT2D eigenvalue weighted by atomic mass is 9.98. The molecule has 0 spiro atoms. The van der Waals surface area contributed by atoms with Gasteiger partial charge in [-0.05, 0) is 102 Å². The molecule has 23 heteroatoms. The summed E-state index contributed by atoms with van der Waals surface area (Å²) >= 11 is 18.5. The molecule has 68 heavy (non-hydrogen) atoms. The zero-order valence-electron chi connectivity index (χ0n) is 38.2. The van der Waals surface area contributed by atoms with Crippen molar-refractivity contribution in [3.8, 4) is 0 Å². The standard InChI is InChI=1S/C25H32ClN7O3S.C20H21Cl2N5O3S/c1-16-14-33-23(28-24(16)31-11-9-18(15-31)27-2)13-21(29-33)22-6-4-5-10-32(22)25(34)19-12-17(26)7-8-20(19)30-37(3,35)36;1-12-11-27-18(23-19(12)22)10-16(24-27)17-5-3-4-8-26(17)20(28)14-9-13(21)6-7-15(14)25-31(2,29)30/h7-8,12-14,18,22,27,30H,4-6,9-11,15H2,1-3H3;6-7,9-11,17,25H,3-5,8H2,1-2H3/t18?,22-;17-/m00/s1. The van der Waals surface area contributed by atoms with Gasteiger partial charge >= 0.3 is 0 Å². The quantitative estimate of drug-likeness (QED) is 0.115. The first-order chi connectivity index (χ1) is 32.2. The van der Waals surface area contributed by atoms with E-state index in [1.165, 1.54) is 24.3 Å². The number of benzene rings is 2. The van der Waals surface area contributed by atoms with Crippen LogP contribution in [0.2, 0.25) is 15.2 Å². The normalized spacial score (nSPS) is 19.0. The summed E-state index contributed by atoms with van der Waals surface area (Å²) in [5.41, 5.74) is 5.50. The number of aromatic nitrogens is 6. The largest absolute Gasteiger partial charge is 0.355 e. The number of hydrogen-bond donors (Lipinski definition) is 3. The van der Waals surface area contributed by atoms with Gasteiger partial charge in [0.25, 0.3) is 11.8 Å². The van der Waals surface area contributed by atoms with E-state index in [1.807, 2.05) is 39.2 Å². The Morgan fingerprint density at radius 1 is 0.647 bits per heavy atom. The Morgan fingerprint density at radius 3 is 1.60 bits per heavy atom. The molecular formula is C45H53Cl3N12O6S2. The summed E-state index contributed by atoms with van der Waals surface area (Å²) in [7, 11) is -5.16. The second-order valence-corrected chi connectivity index (χ2v) is 22.3. The average molecular weight is 1030 g/mol. The molecule has 9 rings (SSSR count). The molecule has 6 aromatic rings. The van der Waals surface area contributed by atoms with Crippen molar-refractivity contribution in [2.24, 2.45) is 0 Å². The Kier molecular flexibility index (Phi) is 14.5. The number of carbonyl (C=O) groups is 2. The highest BCUT2D eigenvalue weighted by molar-refractivity contribution is 7.92. The first-order valence-corrected chi connectivity index (χ1v) is 27.1. The number of nitrogens with one attached hydrogen (secondary N) is 3. The van der Waals surface area contributed by atoms with Crippen LogP contribution in [0.25, 0.3) is 11.3 Å². The van der Waals surface area contributed by atoms with Crippen molar-refractivity contribution >= 4 is 95.2 Å². The Hall–Kier alpha value is -5.25. The van der Waals surface area contributed by atoms with Crippen LogP contribution >= 0.6 is 34.8 Å². The molecule has 0 saturated carbocycles. The Morgan fingerprint density at radius 2 is 1.13 bits per heavy atom. The van der Waals surface area contributed by atoms with Gasteiger partial charge in [-0.15, -0.1) is 0 Å². The number of amides is 2. The molecule has 2 aromatic carbocycles. The van der Waals surface area contributed by atoms with Crippen molar-refractivity contribution in [1.29, 1.82) is 0 Å². The van der Waals surface area contributed by atoms with E-state index in [0.29, 0.717) is 45.7 Å². The summed E-state index contributed by atoms with van der Waals surface area (Å²) in [6.07, 6.45) is 12.1. The number of nitrogens with zero attached hydrogens (tertiary/aromatic N) is 9. The van der Waals surface area contributed by atoms with Crippen LogP contribution in [0.4, 0.5) is 17.2 Å². The number of hydrogen-bond acceptors (Lipinski definition) is 12. The lowest BCUT2D eigenvalue weighted by Crippen LogP contribution is -2.39. The van der Waals surface area contributed by atoms with E-state index >= 15 is 0 Å². The second-order valence-electron chi connectivity index (χ2n) is 17.6. The molecule has 3 fully saturated rings. The number of sulfonamides is 2. The van der Waals surface area contributed by atoms with Crippen LogP contribution in [-0.4, -0.2) is 119 Å². The highest BCUT2D eigenvalue weighted by Gasteiger charge is 2.34. The topological polar surface area (TPSA) is 209 Å². The summed E-state index contributed by atoms with van der Waals surface area (Å²) in [6.45, 7) is 6.82. The fourth-order valence-electron chi connectivity index (χ4n) is 9.10. The van der Waals surface area contributed by atoms with Crippen molar-refractivity contribution in [3.63, 3.8) is 0 Å². The van der Waals surface area contributed by atoms with Crippen LogP contribution in [0.3, 0.4) is 0 Å². The van der Waals surface area contributed by atoms with Crippen LogP contribution < -0.4 is 19.7 Å². The number of carbonyl (C=O) groups excluding carboxylic acids is 2. The maximum Gasteiger partial charge on any atom is 0.256 e. The SMILES string of the molecule is CNC1CCN(c2nc3cc([C@@H]4CCCCN4C(=O)c4cc(Cl)ccc4NS(C)(=O)=O)nn3cc2C)C1.Cc1cn2nc([C@@H]3CCCCN3C(=O)c3cc(Cl)ccc3NS(C)(=O)=O)cc2nc1Cl. The maximum atomic E-state index is 13.8. The minimum atomic E-state index is -3.58. The summed E-state index contributed by atoms with van der Waals surface area (Å²) < 4.78 is 55.7. The van der Waals surface area contributed by atoms with E-state index in [0.717, 1.165) is 98.8 Å². The molecule has 0 radical (unpaired) electrons. The van der Waals surface area contributed by atoms with E-state index in [1.54, 1.807) is 37.2 Å². The smallest absolute Gasteiger partial charge is 0.256 e.